The fourth-order valence-corrected chi connectivity index (χ4v) is 10.6. The number of nitro groups is 1. The van der Waals surface area contributed by atoms with Gasteiger partial charge in [-0.1, -0.05) is 67.4 Å². The molecule has 15 heteroatoms. The zero-order valence-corrected chi connectivity index (χ0v) is 38.5. The SMILES string of the molecule is CN1CCC(Nc2ccc(S(=O)(=O)NC(=O)c3ccc(N4CCN(CC5=C(c6ccc(Cl)cc6)CC(C)(C)CC5)CC4)cc3Oc3cccc4[nH]c5ccccc5c34)cc2[N+](=O)[O-])CC1. The van der Waals surface area contributed by atoms with E-state index in [0.717, 1.165) is 116 Å². The Kier molecular flexibility index (Phi) is 12.4. The lowest BCUT2D eigenvalue weighted by atomic mass is 9.72. The number of nitrogens with one attached hydrogen (secondary N) is 3. The van der Waals surface area contributed by atoms with Crippen LogP contribution in [0.4, 0.5) is 17.1 Å². The number of carbonyl (C=O) groups excluding carboxylic acids is 1. The first-order valence-corrected chi connectivity index (χ1v) is 24.1. The van der Waals surface area contributed by atoms with Gasteiger partial charge in [0.2, 0.25) is 0 Å². The number of fused-ring (bicyclic) bond motifs is 3. The molecule has 1 amide bonds. The van der Waals surface area contributed by atoms with Crippen molar-refractivity contribution in [2.75, 3.05) is 63.1 Å². The summed E-state index contributed by atoms with van der Waals surface area (Å²) in [5.41, 5.74) is 6.77. The standard InChI is InChI=1S/C50H54ClN7O6S/c1-50(2)22-19-34(41(31-50)33-11-13-35(51)14-12-33)32-56-25-27-57(28-26-56)37-15-17-40(47(29-37)64-46-10-6-9-44-48(46)39-7-4-5-8-42(39)53-44)49(59)54-65(62,63)38-16-18-43(45(30-38)58(60)61)52-36-20-23-55(3)24-21-36/h4-18,29-30,36,52-53H,19-28,31-32H2,1-3H3,(H,54,59). The molecule has 0 unspecified atom stereocenters. The first-order valence-electron chi connectivity index (χ1n) is 22.3. The first-order chi connectivity index (χ1) is 31.2. The number of allylic oxidation sites excluding steroid dienone is 1. The van der Waals surface area contributed by atoms with E-state index in [0.29, 0.717) is 5.75 Å². The number of ether oxygens (including phenoxy) is 1. The summed E-state index contributed by atoms with van der Waals surface area (Å²) >= 11 is 6.27. The number of halogens is 1. The largest absolute Gasteiger partial charge is 0.456 e. The Hall–Kier alpha value is -5.93. The van der Waals surface area contributed by atoms with E-state index in [-0.39, 0.29) is 34.1 Å². The number of nitro benzene ring substituents is 1. The van der Waals surface area contributed by atoms with Crippen molar-refractivity contribution in [2.45, 2.75) is 56.9 Å². The van der Waals surface area contributed by atoms with Crippen molar-refractivity contribution in [1.29, 1.82) is 0 Å². The summed E-state index contributed by atoms with van der Waals surface area (Å²) in [6, 6.07) is 30.6. The summed E-state index contributed by atoms with van der Waals surface area (Å²) in [4.78, 5) is 35.8. The normalized spacial score (nSPS) is 17.7. The highest BCUT2D eigenvalue weighted by molar-refractivity contribution is 7.90. The fourth-order valence-electron chi connectivity index (χ4n) is 9.51. The maximum absolute atomic E-state index is 14.2. The highest BCUT2D eigenvalue weighted by Gasteiger charge is 2.31. The molecule has 13 nitrogen and oxygen atoms in total. The number of benzene rings is 5. The van der Waals surface area contributed by atoms with E-state index < -0.39 is 25.7 Å². The van der Waals surface area contributed by atoms with E-state index in [1.807, 2.05) is 67.7 Å². The van der Waals surface area contributed by atoms with Crippen LogP contribution in [-0.4, -0.2) is 92.9 Å². The second-order valence-corrected chi connectivity index (χ2v) is 20.5. The van der Waals surface area contributed by atoms with Crippen LogP contribution in [0.25, 0.3) is 27.4 Å². The number of H-pyrrole nitrogens is 1. The highest BCUT2D eigenvalue weighted by atomic mass is 35.5. The number of aromatic amines is 1. The van der Waals surface area contributed by atoms with Gasteiger partial charge in [-0.05, 0) is 123 Å². The molecule has 338 valence electrons. The maximum Gasteiger partial charge on any atom is 0.293 e. The monoisotopic (exact) mass is 915 g/mol. The Balaban J connectivity index is 0.981. The molecule has 0 spiro atoms. The van der Waals surface area contributed by atoms with Crippen LogP contribution in [0.2, 0.25) is 5.02 Å². The van der Waals surface area contributed by atoms with Crippen molar-refractivity contribution in [3.8, 4) is 11.5 Å². The molecule has 3 heterocycles. The molecule has 1 aromatic heterocycles. The lowest BCUT2D eigenvalue weighted by Gasteiger charge is -2.39. The van der Waals surface area contributed by atoms with Crippen LogP contribution >= 0.6 is 11.6 Å². The minimum Gasteiger partial charge on any atom is -0.456 e. The summed E-state index contributed by atoms with van der Waals surface area (Å²) in [6.45, 7) is 10.4. The number of carbonyl (C=O) groups is 1. The molecule has 0 atom stereocenters. The fraction of sp³-hybridized carbons (Fsp3) is 0.340. The summed E-state index contributed by atoms with van der Waals surface area (Å²) < 4.78 is 36.6. The molecule has 65 heavy (non-hydrogen) atoms. The van der Waals surface area contributed by atoms with Gasteiger partial charge < -0.3 is 24.8 Å². The number of nitrogens with zero attached hydrogens (tertiary/aromatic N) is 4. The third kappa shape index (κ3) is 9.72. The quantitative estimate of drug-likeness (QED) is 0.0799. The number of sulfonamides is 1. The van der Waals surface area contributed by atoms with Crippen molar-refractivity contribution >= 4 is 72.0 Å². The zero-order valence-electron chi connectivity index (χ0n) is 36.9. The Morgan fingerprint density at radius 2 is 1.63 bits per heavy atom. The molecule has 2 aliphatic heterocycles. The highest BCUT2D eigenvalue weighted by Crippen LogP contribution is 2.44. The number of hydrogen-bond acceptors (Lipinski definition) is 10. The Morgan fingerprint density at radius 1 is 0.892 bits per heavy atom. The van der Waals surface area contributed by atoms with E-state index in [1.165, 1.54) is 28.8 Å². The molecule has 2 fully saturated rings. The molecule has 2 saturated heterocycles. The number of piperazine rings is 1. The lowest BCUT2D eigenvalue weighted by Crippen LogP contribution is -2.47. The van der Waals surface area contributed by atoms with Crippen LogP contribution in [0.1, 0.15) is 61.9 Å². The summed E-state index contributed by atoms with van der Waals surface area (Å²) in [6.07, 6.45) is 4.79. The van der Waals surface area contributed by atoms with E-state index in [1.54, 1.807) is 12.1 Å². The zero-order chi connectivity index (χ0) is 45.5. The van der Waals surface area contributed by atoms with Gasteiger partial charge in [-0.25, -0.2) is 13.1 Å². The number of aromatic nitrogens is 1. The van der Waals surface area contributed by atoms with Crippen LogP contribution < -0.4 is 19.7 Å². The van der Waals surface area contributed by atoms with Crippen LogP contribution in [-0.2, 0) is 10.0 Å². The summed E-state index contributed by atoms with van der Waals surface area (Å²) in [5, 5.41) is 17.9. The molecular weight excluding hydrogens is 862 g/mol. The lowest BCUT2D eigenvalue weighted by molar-refractivity contribution is -0.384. The average molecular weight is 917 g/mol. The number of hydrogen-bond donors (Lipinski definition) is 3. The number of likely N-dealkylation sites (tertiary alicyclic amines) is 1. The van der Waals surface area contributed by atoms with Crippen molar-refractivity contribution in [3.63, 3.8) is 0 Å². The van der Waals surface area contributed by atoms with Gasteiger partial charge in [-0.2, -0.15) is 0 Å². The number of para-hydroxylation sites is 1. The summed E-state index contributed by atoms with van der Waals surface area (Å²) in [5.74, 6) is -0.275. The molecule has 3 N–H and O–H groups in total. The predicted octanol–water partition coefficient (Wildman–Crippen LogP) is 10.1. The van der Waals surface area contributed by atoms with Gasteiger partial charge in [0.15, 0.2) is 0 Å². The number of amides is 1. The minimum absolute atomic E-state index is 0.00781. The second kappa shape index (κ2) is 18.2. The second-order valence-electron chi connectivity index (χ2n) is 18.4. The van der Waals surface area contributed by atoms with Gasteiger partial charge in [0.1, 0.15) is 17.2 Å². The molecule has 6 aromatic rings. The van der Waals surface area contributed by atoms with Gasteiger partial charge in [0.05, 0.1) is 26.3 Å². The predicted molar refractivity (Wildman–Crippen MR) is 259 cm³/mol. The minimum atomic E-state index is -4.57. The third-order valence-corrected chi connectivity index (χ3v) is 14.8. The van der Waals surface area contributed by atoms with Crippen molar-refractivity contribution < 1.29 is 22.9 Å². The molecule has 9 rings (SSSR count). The number of anilines is 2. The average Bonchev–Trinajstić information content (AvgIpc) is 3.68. The van der Waals surface area contributed by atoms with Gasteiger partial charge >= 0.3 is 0 Å². The summed E-state index contributed by atoms with van der Waals surface area (Å²) in [7, 11) is -2.54. The topological polar surface area (TPSA) is 153 Å². The van der Waals surface area contributed by atoms with Crippen LogP contribution in [0.15, 0.2) is 114 Å². The molecular formula is C50H54ClN7O6S. The van der Waals surface area contributed by atoms with E-state index in [4.69, 9.17) is 16.3 Å². The molecule has 0 bridgehead atoms. The maximum atomic E-state index is 14.2. The van der Waals surface area contributed by atoms with Crippen LogP contribution in [0.5, 0.6) is 11.5 Å². The number of rotatable bonds is 12. The van der Waals surface area contributed by atoms with Gasteiger partial charge in [-0.15, -0.1) is 0 Å². The molecule has 1 aliphatic carbocycles. The Labute approximate surface area is 384 Å². The van der Waals surface area contributed by atoms with Gasteiger partial charge in [0, 0.05) is 72.5 Å². The van der Waals surface area contributed by atoms with Crippen molar-refractivity contribution in [2.24, 2.45) is 5.41 Å². The van der Waals surface area contributed by atoms with Crippen LogP contribution in [0, 0.1) is 15.5 Å². The molecule has 0 radical (unpaired) electrons. The molecule has 0 saturated carbocycles. The van der Waals surface area contributed by atoms with E-state index in [2.05, 4.69) is 55.7 Å². The van der Waals surface area contributed by atoms with Crippen LogP contribution in [0.3, 0.4) is 0 Å². The number of piperidine rings is 1. The molecule has 5 aromatic carbocycles. The molecule has 3 aliphatic rings. The first kappa shape index (κ1) is 44.3. The van der Waals surface area contributed by atoms with Crippen molar-refractivity contribution in [1.82, 2.24) is 19.5 Å². The van der Waals surface area contributed by atoms with Gasteiger partial charge in [-0.3, -0.25) is 19.8 Å². The van der Waals surface area contributed by atoms with E-state index >= 15 is 0 Å². The third-order valence-electron chi connectivity index (χ3n) is 13.2. The van der Waals surface area contributed by atoms with Gasteiger partial charge in [0.25, 0.3) is 21.6 Å². The van der Waals surface area contributed by atoms with E-state index in [9.17, 15) is 23.3 Å². The smallest absolute Gasteiger partial charge is 0.293 e. The van der Waals surface area contributed by atoms with Crippen molar-refractivity contribution in [3.05, 3.63) is 135 Å². The Bertz CT molecular complexity index is 2920. The Morgan fingerprint density at radius 3 is 2.38 bits per heavy atom.